The van der Waals surface area contributed by atoms with E-state index in [1.807, 2.05) is 19.1 Å². The van der Waals surface area contributed by atoms with Crippen molar-refractivity contribution in [1.82, 2.24) is 0 Å². The van der Waals surface area contributed by atoms with Crippen molar-refractivity contribution in [3.63, 3.8) is 0 Å². The Morgan fingerprint density at radius 2 is 1.85 bits per heavy atom. The minimum atomic E-state index is 1.09. The number of allylic oxidation sites excluding steroid dienone is 7. The highest BCUT2D eigenvalue weighted by Gasteiger charge is 1.89. The van der Waals surface area contributed by atoms with Gasteiger partial charge in [0.1, 0.15) is 0 Å². The molecule has 0 N–H and O–H groups in total. The predicted octanol–water partition coefficient (Wildman–Crippen LogP) is 4.42. The second kappa shape index (κ2) is 6.47. The van der Waals surface area contributed by atoms with Crippen LogP contribution in [0.25, 0.3) is 0 Å². The number of hydrogen-bond acceptors (Lipinski definition) is 0. The topological polar surface area (TPSA) is 0 Å². The van der Waals surface area contributed by atoms with Gasteiger partial charge in [0.2, 0.25) is 0 Å². The van der Waals surface area contributed by atoms with Gasteiger partial charge in [-0.25, -0.2) is 0 Å². The van der Waals surface area contributed by atoms with Crippen molar-refractivity contribution in [2.45, 2.75) is 34.1 Å². The molecule has 0 aliphatic rings. The molecule has 0 aliphatic heterocycles. The first-order valence-corrected chi connectivity index (χ1v) is 4.77. The molecule has 0 nitrogen and oxygen atoms in total. The van der Waals surface area contributed by atoms with Crippen LogP contribution in [0.1, 0.15) is 34.1 Å². The van der Waals surface area contributed by atoms with Crippen molar-refractivity contribution >= 4 is 0 Å². The van der Waals surface area contributed by atoms with Gasteiger partial charge >= 0.3 is 0 Å². The molecule has 0 aromatic rings. The molecule has 0 bridgehead atoms. The van der Waals surface area contributed by atoms with Gasteiger partial charge in [-0.15, -0.1) is 0 Å². The predicted molar refractivity (Wildman–Crippen MR) is 61.8 cm³/mol. The number of hydrogen-bond donors (Lipinski definition) is 0. The van der Waals surface area contributed by atoms with E-state index < -0.39 is 0 Å². The molecule has 0 rings (SSSR count). The Labute approximate surface area is 82.4 Å². The Morgan fingerprint density at radius 1 is 1.23 bits per heavy atom. The van der Waals surface area contributed by atoms with E-state index >= 15 is 0 Å². The summed E-state index contributed by atoms with van der Waals surface area (Å²) in [6, 6.07) is 0. The van der Waals surface area contributed by atoms with E-state index in [4.69, 9.17) is 0 Å². The summed E-state index contributed by atoms with van der Waals surface area (Å²) in [4.78, 5) is 0. The minimum absolute atomic E-state index is 1.09. The van der Waals surface area contributed by atoms with Crippen molar-refractivity contribution in [3.05, 3.63) is 47.6 Å². The van der Waals surface area contributed by atoms with Crippen LogP contribution in [0, 0.1) is 0 Å². The van der Waals surface area contributed by atoms with E-state index in [-0.39, 0.29) is 0 Å². The van der Waals surface area contributed by atoms with Gasteiger partial charge in [0.15, 0.2) is 0 Å². The molecule has 0 fully saturated rings. The van der Waals surface area contributed by atoms with E-state index in [1.165, 1.54) is 11.1 Å². The third-order valence-electron chi connectivity index (χ3n) is 2.05. The summed E-state index contributed by atoms with van der Waals surface area (Å²) in [6.45, 7) is 12.4. The maximum atomic E-state index is 3.96. The summed E-state index contributed by atoms with van der Waals surface area (Å²) >= 11 is 0. The molecule has 0 heteroatoms. The van der Waals surface area contributed by atoms with Crippen LogP contribution in [-0.2, 0) is 0 Å². The average molecular weight is 176 g/mol. The van der Waals surface area contributed by atoms with Gasteiger partial charge in [-0.05, 0) is 38.3 Å². The molecule has 0 saturated carbocycles. The van der Waals surface area contributed by atoms with Crippen LogP contribution in [-0.4, -0.2) is 0 Å². The van der Waals surface area contributed by atoms with Crippen molar-refractivity contribution in [2.75, 3.05) is 0 Å². The normalized spacial score (nSPS) is 13.8. The van der Waals surface area contributed by atoms with E-state index in [0.29, 0.717) is 0 Å². The zero-order valence-electron chi connectivity index (χ0n) is 9.22. The molecule has 0 atom stereocenters. The van der Waals surface area contributed by atoms with Crippen molar-refractivity contribution in [1.29, 1.82) is 0 Å². The van der Waals surface area contributed by atoms with Gasteiger partial charge in [-0.1, -0.05) is 43.4 Å². The Kier molecular flexibility index (Phi) is 5.96. The van der Waals surface area contributed by atoms with Crippen LogP contribution in [0.3, 0.4) is 0 Å². The molecule has 13 heavy (non-hydrogen) atoms. The smallest absolute Gasteiger partial charge is 0.0303 e. The highest BCUT2D eigenvalue weighted by atomic mass is 13.9. The first-order valence-electron chi connectivity index (χ1n) is 4.77. The molecule has 0 spiro atoms. The van der Waals surface area contributed by atoms with Gasteiger partial charge < -0.3 is 0 Å². The van der Waals surface area contributed by atoms with E-state index in [9.17, 15) is 0 Å². The quantitative estimate of drug-likeness (QED) is 0.556. The molecule has 0 aliphatic carbocycles. The van der Waals surface area contributed by atoms with E-state index in [0.717, 1.165) is 12.0 Å². The molecule has 0 heterocycles. The summed E-state index contributed by atoms with van der Waals surface area (Å²) in [7, 11) is 0. The SMILES string of the molecule is C=C(/C=C\C)/C(C)=C/C=C(/C)CC. The van der Waals surface area contributed by atoms with Crippen LogP contribution >= 0.6 is 0 Å². The maximum Gasteiger partial charge on any atom is -0.0303 e. The fourth-order valence-corrected chi connectivity index (χ4v) is 0.825. The lowest BCUT2D eigenvalue weighted by molar-refractivity contribution is 1.10. The number of rotatable bonds is 4. The Morgan fingerprint density at radius 3 is 2.31 bits per heavy atom. The first kappa shape index (κ1) is 12.0. The fourth-order valence-electron chi connectivity index (χ4n) is 0.825. The van der Waals surface area contributed by atoms with Gasteiger partial charge in [0.05, 0.1) is 0 Å². The second-order valence-corrected chi connectivity index (χ2v) is 3.24. The molecule has 0 amide bonds. The summed E-state index contributed by atoms with van der Waals surface area (Å²) < 4.78 is 0. The lowest BCUT2D eigenvalue weighted by Gasteiger charge is -1.98. The fraction of sp³-hybridized carbons (Fsp3) is 0.385. The molecule has 0 aromatic heterocycles. The Balaban J connectivity index is 4.41. The van der Waals surface area contributed by atoms with E-state index in [2.05, 4.69) is 39.5 Å². The van der Waals surface area contributed by atoms with Gasteiger partial charge in [-0.3, -0.25) is 0 Å². The van der Waals surface area contributed by atoms with Crippen molar-refractivity contribution in [3.8, 4) is 0 Å². The summed E-state index contributed by atoms with van der Waals surface area (Å²) in [5, 5.41) is 0. The highest BCUT2D eigenvalue weighted by Crippen LogP contribution is 2.09. The van der Waals surface area contributed by atoms with Crippen LogP contribution in [0.4, 0.5) is 0 Å². The lowest BCUT2D eigenvalue weighted by Crippen LogP contribution is -1.78. The third kappa shape index (κ3) is 5.24. The lowest BCUT2D eigenvalue weighted by atomic mass is 10.1. The molecule has 0 saturated heterocycles. The standard InChI is InChI=1S/C13H20/c1-6-8-12(4)13(5)10-9-11(3)7-2/h6,8-10H,4,7H2,1-3,5H3/b8-6-,11-9-,13-10+. The molecular weight excluding hydrogens is 156 g/mol. The minimum Gasteiger partial charge on any atom is -0.0915 e. The largest absolute Gasteiger partial charge is 0.0915 e. The Bertz CT molecular complexity index is 249. The van der Waals surface area contributed by atoms with E-state index in [1.54, 1.807) is 0 Å². The van der Waals surface area contributed by atoms with Crippen LogP contribution in [0.5, 0.6) is 0 Å². The van der Waals surface area contributed by atoms with Crippen LogP contribution < -0.4 is 0 Å². The molecule has 0 aromatic carbocycles. The van der Waals surface area contributed by atoms with Crippen LogP contribution in [0.2, 0.25) is 0 Å². The average Bonchev–Trinajstić information content (AvgIpc) is 2.13. The van der Waals surface area contributed by atoms with Gasteiger partial charge in [0.25, 0.3) is 0 Å². The zero-order chi connectivity index (χ0) is 10.3. The zero-order valence-corrected chi connectivity index (χ0v) is 9.22. The summed E-state index contributed by atoms with van der Waals surface area (Å²) in [5.41, 5.74) is 3.71. The monoisotopic (exact) mass is 176 g/mol. The van der Waals surface area contributed by atoms with Crippen LogP contribution in [0.15, 0.2) is 47.6 Å². The molecule has 0 unspecified atom stereocenters. The first-order chi connectivity index (χ1) is 6.11. The Hall–Kier alpha value is -1.04. The maximum absolute atomic E-state index is 3.96. The molecule has 72 valence electrons. The van der Waals surface area contributed by atoms with Gasteiger partial charge in [-0.2, -0.15) is 0 Å². The highest BCUT2D eigenvalue weighted by molar-refractivity contribution is 5.38. The molecular formula is C13H20. The third-order valence-corrected chi connectivity index (χ3v) is 2.05. The van der Waals surface area contributed by atoms with Crippen molar-refractivity contribution < 1.29 is 0 Å². The molecule has 0 radical (unpaired) electrons. The van der Waals surface area contributed by atoms with Crippen molar-refractivity contribution in [2.24, 2.45) is 0 Å². The summed E-state index contributed by atoms with van der Waals surface area (Å²) in [6.07, 6.45) is 9.43. The summed E-state index contributed by atoms with van der Waals surface area (Å²) in [5.74, 6) is 0. The second-order valence-electron chi connectivity index (χ2n) is 3.24. The van der Waals surface area contributed by atoms with Gasteiger partial charge in [0, 0.05) is 0 Å².